The molecule has 20 heavy (non-hydrogen) atoms. The van der Waals surface area contributed by atoms with Crippen LogP contribution in [0, 0.1) is 23.0 Å². The SMILES string of the molecule is N#Cc1cc(F)cc(Cn2ccc3ccc(F)cc32)c1. The largest absolute Gasteiger partial charge is 0.343 e. The summed E-state index contributed by atoms with van der Waals surface area (Å²) in [6.45, 7) is 0.388. The lowest BCUT2D eigenvalue weighted by molar-refractivity contribution is 0.622. The minimum Gasteiger partial charge on any atom is -0.343 e. The van der Waals surface area contributed by atoms with Gasteiger partial charge in [0.15, 0.2) is 0 Å². The fourth-order valence-corrected chi connectivity index (χ4v) is 2.30. The molecule has 0 amide bonds. The monoisotopic (exact) mass is 268 g/mol. The summed E-state index contributed by atoms with van der Waals surface area (Å²) >= 11 is 0. The van der Waals surface area contributed by atoms with Crippen LogP contribution in [0.5, 0.6) is 0 Å². The first-order valence-electron chi connectivity index (χ1n) is 6.10. The fourth-order valence-electron chi connectivity index (χ4n) is 2.30. The van der Waals surface area contributed by atoms with E-state index in [0.29, 0.717) is 12.1 Å². The molecule has 98 valence electrons. The molecule has 0 aliphatic rings. The van der Waals surface area contributed by atoms with Crippen LogP contribution >= 0.6 is 0 Å². The lowest BCUT2D eigenvalue weighted by atomic mass is 10.1. The van der Waals surface area contributed by atoms with Crippen molar-refractivity contribution in [2.75, 3.05) is 0 Å². The van der Waals surface area contributed by atoms with Crippen molar-refractivity contribution < 1.29 is 8.78 Å². The number of hydrogen-bond donors (Lipinski definition) is 0. The second kappa shape index (κ2) is 4.78. The minimum atomic E-state index is -0.443. The molecule has 3 aromatic rings. The maximum absolute atomic E-state index is 13.4. The number of nitriles is 1. The number of hydrogen-bond acceptors (Lipinski definition) is 1. The average molecular weight is 268 g/mol. The minimum absolute atomic E-state index is 0.280. The molecule has 4 heteroatoms. The average Bonchev–Trinajstić information content (AvgIpc) is 2.80. The molecule has 0 bridgehead atoms. The Hall–Kier alpha value is -2.67. The van der Waals surface area contributed by atoms with E-state index in [2.05, 4.69) is 0 Å². The first-order valence-corrected chi connectivity index (χ1v) is 6.10. The zero-order valence-electron chi connectivity index (χ0n) is 10.5. The van der Waals surface area contributed by atoms with Gasteiger partial charge in [-0.15, -0.1) is 0 Å². The topological polar surface area (TPSA) is 28.7 Å². The van der Waals surface area contributed by atoms with Gasteiger partial charge in [0.1, 0.15) is 11.6 Å². The summed E-state index contributed by atoms with van der Waals surface area (Å²) in [4.78, 5) is 0. The summed E-state index contributed by atoms with van der Waals surface area (Å²) in [5.74, 6) is -0.754. The van der Waals surface area contributed by atoms with Crippen LogP contribution in [0.2, 0.25) is 0 Å². The number of nitrogens with zero attached hydrogens (tertiary/aromatic N) is 2. The fraction of sp³-hybridized carbons (Fsp3) is 0.0625. The molecule has 2 aromatic carbocycles. The van der Waals surface area contributed by atoms with E-state index in [9.17, 15) is 8.78 Å². The molecule has 0 radical (unpaired) electrons. The molecule has 0 saturated carbocycles. The van der Waals surface area contributed by atoms with Gasteiger partial charge in [0.05, 0.1) is 17.1 Å². The number of aromatic nitrogens is 1. The van der Waals surface area contributed by atoms with E-state index in [1.807, 2.05) is 22.9 Å². The smallest absolute Gasteiger partial charge is 0.125 e. The van der Waals surface area contributed by atoms with Gasteiger partial charge >= 0.3 is 0 Å². The molecule has 1 aromatic heterocycles. The molecule has 0 saturated heterocycles. The van der Waals surface area contributed by atoms with E-state index in [4.69, 9.17) is 5.26 Å². The first kappa shape index (κ1) is 12.4. The van der Waals surface area contributed by atoms with Crippen LogP contribution in [0.25, 0.3) is 10.9 Å². The predicted molar refractivity (Wildman–Crippen MR) is 72.1 cm³/mol. The van der Waals surface area contributed by atoms with Gasteiger partial charge in [0, 0.05) is 12.7 Å². The Kier molecular flexibility index (Phi) is 2.96. The van der Waals surface area contributed by atoms with Crippen molar-refractivity contribution in [2.45, 2.75) is 6.54 Å². The molecule has 0 aliphatic heterocycles. The lowest BCUT2D eigenvalue weighted by Crippen LogP contribution is -1.99. The number of rotatable bonds is 2. The van der Waals surface area contributed by atoms with E-state index in [1.54, 1.807) is 12.1 Å². The summed E-state index contributed by atoms with van der Waals surface area (Å²) in [6.07, 6.45) is 1.82. The molecule has 3 rings (SSSR count). The van der Waals surface area contributed by atoms with Gasteiger partial charge in [-0.05, 0) is 53.4 Å². The maximum Gasteiger partial charge on any atom is 0.125 e. The van der Waals surface area contributed by atoms with Crippen molar-refractivity contribution in [1.29, 1.82) is 5.26 Å². The van der Waals surface area contributed by atoms with Crippen molar-refractivity contribution in [3.8, 4) is 6.07 Å². The van der Waals surface area contributed by atoms with Crippen LogP contribution in [0.15, 0.2) is 48.7 Å². The quantitative estimate of drug-likeness (QED) is 0.694. The van der Waals surface area contributed by atoms with E-state index in [-0.39, 0.29) is 11.4 Å². The van der Waals surface area contributed by atoms with Crippen molar-refractivity contribution in [3.63, 3.8) is 0 Å². The Morgan fingerprint density at radius 3 is 2.65 bits per heavy atom. The summed E-state index contributed by atoms with van der Waals surface area (Å²) in [5.41, 5.74) is 1.69. The van der Waals surface area contributed by atoms with E-state index >= 15 is 0 Å². The van der Waals surface area contributed by atoms with Crippen LogP contribution < -0.4 is 0 Å². The van der Waals surface area contributed by atoms with Crippen LogP contribution in [0.3, 0.4) is 0 Å². The highest BCUT2D eigenvalue weighted by atomic mass is 19.1. The second-order valence-corrected chi connectivity index (χ2v) is 4.61. The number of halogens is 2. The molecule has 2 nitrogen and oxygen atoms in total. The van der Waals surface area contributed by atoms with Crippen molar-refractivity contribution in [3.05, 3.63) is 71.4 Å². The van der Waals surface area contributed by atoms with Gasteiger partial charge in [0.2, 0.25) is 0 Å². The Bertz CT molecular complexity index is 828. The molecule has 1 heterocycles. The molecule has 0 aliphatic carbocycles. The van der Waals surface area contributed by atoms with Gasteiger partial charge in [-0.25, -0.2) is 8.78 Å². The van der Waals surface area contributed by atoms with Gasteiger partial charge in [-0.2, -0.15) is 5.26 Å². The Balaban J connectivity index is 2.03. The first-order chi connectivity index (χ1) is 9.65. The van der Waals surface area contributed by atoms with E-state index in [0.717, 1.165) is 10.9 Å². The molecule has 0 unspecified atom stereocenters. The van der Waals surface area contributed by atoms with Crippen LogP contribution in [0.4, 0.5) is 8.78 Å². The number of benzene rings is 2. The summed E-state index contributed by atoms with van der Waals surface area (Å²) in [5, 5.41) is 9.77. The number of fused-ring (bicyclic) bond motifs is 1. The second-order valence-electron chi connectivity index (χ2n) is 4.61. The van der Waals surface area contributed by atoms with E-state index < -0.39 is 5.82 Å². The van der Waals surface area contributed by atoms with Crippen molar-refractivity contribution in [1.82, 2.24) is 4.57 Å². The predicted octanol–water partition coefficient (Wildman–Crippen LogP) is 3.84. The zero-order chi connectivity index (χ0) is 14.1. The van der Waals surface area contributed by atoms with Crippen molar-refractivity contribution >= 4 is 10.9 Å². The van der Waals surface area contributed by atoms with Gasteiger partial charge in [-0.1, -0.05) is 0 Å². The summed E-state index contributed by atoms with van der Waals surface area (Å²) in [6, 6.07) is 12.6. The Morgan fingerprint density at radius 1 is 1.00 bits per heavy atom. The molecule has 0 N–H and O–H groups in total. The third-order valence-electron chi connectivity index (χ3n) is 3.18. The van der Waals surface area contributed by atoms with Crippen LogP contribution in [-0.4, -0.2) is 4.57 Å². The standard InChI is InChI=1S/C16H10F2N2/c17-14-2-1-13-3-4-20(16(13)8-14)10-12-5-11(9-19)6-15(18)7-12/h1-8H,10H2. The molecule has 0 spiro atoms. The van der Waals surface area contributed by atoms with E-state index in [1.165, 1.54) is 24.3 Å². The molecule has 0 atom stereocenters. The van der Waals surface area contributed by atoms with Gasteiger partial charge in [-0.3, -0.25) is 0 Å². The maximum atomic E-state index is 13.4. The Morgan fingerprint density at radius 2 is 1.85 bits per heavy atom. The highest BCUT2D eigenvalue weighted by Crippen LogP contribution is 2.19. The third-order valence-corrected chi connectivity index (χ3v) is 3.18. The highest BCUT2D eigenvalue weighted by Gasteiger charge is 2.05. The van der Waals surface area contributed by atoms with Crippen LogP contribution in [-0.2, 0) is 6.54 Å². The summed E-state index contributed by atoms with van der Waals surface area (Å²) < 4.78 is 28.5. The summed E-state index contributed by atoms with van der Waals surface area (Å²) in [7, 11) is 0. The highest BCUT2D eigenvalue weighted by molar-refractivity contribution is 5.80. The molecular weight excluding hydrogens is 258 g/mol. The third kappa shape index (κ3) is 2.26. The van der Waals surface area contributed by atoms with Crippen molar-refractivity contribution in [2.24, 2.45) is 0 Å². The lowest BCUT2D eigenvalue weighted by Gasteiger charge is -2.06. The van der Waals surface area contributed by atoms with Crippen LogP contribution in [0.1, 0.15) is 11.1 Å². The van der Waals surface area contributed by atoms with Gasteiger partial charge < -0.3 is 4.57 Å². The molecular formula is C16H10F2N2. The van der Waals surface area contributed by atoms with Gasteiger partial charge in [0.25, 0.3) is 0 Å². The normalized spacial score (nSPS) is 10.7. The zero-order valence-corrected chi connectivity index (χ0v) is 10.5. The molecule has 0 fully saturated rings. The Labute approximate surface area is 114 Å².